The Bertz CT molecular complexity index is 153. The fraction of sp³-hybridized carbons (Fsp3) is 0.875. The Morgan fingerprint density at radius 1 is 1.70 bits per heavy atom. The molecule has 1 aliphatic rings. The van der Waals surface area contributed by atoms with Crippen LogP contribution in [0.2, 0.25) is 0 Å². The highest BCUT2D eigenvalue weighted by atomic mass is 14.9. The molecule has 0 aromatic heterocycles. The van der Waals surface area contributed by atoms with E-state index in [-0.39, 0.29) is 6.04 Å². The Kier molecular flexibility index (Phi) is 1.96. The topological polar surface area (TPSA) is 35.8 Å². The van der Waals surface area contributed by atoms with Gasteiger partial charge in [-0.3, -0.25) is 0 Å². The van der Waals surface area contributed by atoms with Crippen molar-refractivity contribution in [2.24, 2.45) is 5.41 Å². The van der Waals surface area contributed by atoms with Crippen LogP contribution in [0.25, 0.3) is 0 Å². The van der Waals surface area contributed by atoms with Crippen LogP contribution < -0.4 is 5.32 Å². The van der Waals surface area contributed by atoms with E-state index in [2.05, 4.69) is 18.3 Å². The van der Waals surface area contributed by atoms with Crippen LogP contribution in [0.5, 0.6) is 0 Å². The minimum atomic E-state index is 0.0115. The van der Waals surface area contributed by atoms with E-state index in [1.54, 1.807) is 0 Å². The number of nitrogens with one attached hydrogen (secondary N) is 1. The van der Waals surface area contributed by atoms with Gasteiger partial charge < -0.3 is 5.32 Å². The minimum Gasteiger partial charge on any atom is -0.302 e. The molecule has 10 heavy (non-hydrogen) atoms. The van der Waals surface area contributed by atoms with E-state index >= 15 is 0 Å². The predicted octanol–water partition coefficient (Wildman–Crippen LogP) is 1.29. The number of nitriles is 1. The number of rotatable bonds is 3. The molecule has 56 valence electrons. The number of hydrogen-bond acceptors (Lipinski definition) is 2. The van der Waals surface area contributed by atoms with Crippen molar-refractivity contribution in [1.82, 2.24) is 5.32 Å². The van der Waals surface area contributed by atoms with E-state index in [4.69, 9.17) is 5.26 Å². The van der Waals surface area contributed by atoms with Gasteiger partial charge >= 0.3 is 0 Å². The molecule has 1 fully saturated rings. The lowest BCUT2D eigenvalue weighted by Gasteiger charge is -2.10. The minimum absolute atomic E-state index is 0.0115. The third-order valence-corrected chi connectivity index (χ3v) is 2.13. The first-order valence-corrected chi connectivity index (χ1v) is 3.79. The maximum absolute atomic E-state index is 8.44. The van der Waals surface area contributed by atoms with E-state index in [9.17, 15) is 0 Å². The molecule has 1 atom stereocenters. The van der Waals surface area contributed by atoms with E-state index in [0.717, 1.165) is 6.54 Å². The van der Waals surface area contributed by atoms with Crippen molar-refractivity contribution in [2.45, 2.75) is 32.7 Å². The molecule has 0 amide bonds. The molecule has 1 rings (SSSR count). The van der Waals surface area contributed by atoms with Gasteiger partial charge in [-0.05, 0) is 25.2 Å². The maximum Gasteiger partial charge on any atom is 0.0924 e. The third-order valence-electron chi connectivity index (χ3n) is 2.13. The zero-order valence-corrected chi connectivity index (χ0v) is 6.65. The summed E-state index contributed by atoms with van der Waals surface area (Å²) in [7, 11) is 0. The summed E-state index contributed by atoms with van der Waals surface area (Å²) in [5.74, 6) is 0. The molecule has 0 heterocycles. The molecule has 2 nitrogen and oxygen atoms in total. The van der Waals surface area contributed by atoms with Gasteiger partial charge in [0, 0.05) is 6.54 Å². The lowest BCUT2D eigenvalue weighted by Crippen LogP contribution is -2.29. The van der Waals surface area contributed by atoms with E-state index < -0.39 is 0 Å². The average Bonchev–Trinajstić information content (AvgIpc) is 2.64. The van der Waals surface area contributed by atoms with Crippen LogP contribution >= 0.6 is 0 Å². The summed E-state index contributed by atoms with van der Waals surface area (Å²) in [6.45, 7) is 5.15. The van der Waals surface area contributed by atoms with Gasteiger partial charge in [-0.1, -0.05) is 6.92 Å². The molecule has 0 spiro atoms. The Labute approximate surface area is 62.2 Å². The van der Waals surface area contributed by atoms with Crippen LogP contribution in [0.3, 0.4) is 0 Å². The normalized spacial score (nSPS) is 23.3. The SMILES string of the molecule is CC(C#N)NCC1(C)CC1. The fourth-order valence-corrected chi connectivity index (χ4v) is 0.835. The van der Waals surface area contributed by atoms with Gasteiger partial charge in [0.15, 0.2) is 0 Å². The van der Waals surface area contributed by atoms with Crippen LogP contribution in [0.4, 0.5) is 0 Å². The Balaban J connectivity index is 2.12. The van der Waals surface area contributed by atoms with Gasteiger partial charge in [-0.15, -0.1) is 0 Å². The van der Waals surface area contributed by atoms with Gasteiger partial charge in [0.1, 0.15) is 0 Å². The fourth-order valence-electron chi connectivity index (χ4n) is 0.835. The second kappa shape index (κ2) is 2.59. The summed E-state index contributed by atoms with van der Waals surface area (Å²) >= 11 is 0. The highest BCUT2D eigenvalue weighted by Crippen LogP contribution is 2.44. The Morgan fingerprint density at radius 2 is 2.30 bits per heavy atom. The van der Waals surface area contributed by atoms with E-state index in [1.807, 2.05) is 6.92 Å². The molecule has 0 aromatic rings. The van der Waals surface area contributed by atoms with Crippen LogP contribution in [0, 0.1) is 16.7 Å². The molecule has 0 aliphatic heterocycles. The molecule has 1 unspecified atom stereocenters. The molecule has 2 heteroatoms. The summed E-state index contributed by atoms with van der Waals surface area (Å²) < 4.78 is 0. The smallest absolute Gasteiger partial charge is 0.0924 e. The van der Waals surface area contributed by atoms with Crippen molar-refractivity contribution < 1.29 is 0 Å². The monoisotopic (exact) mass is 138 g/mol. The van der Waals surface area contributed by atoms with Crippen molar-refractivity contribution in [3.8, 4) is 6.07 Å². The molecular formula is C8H14N2. The first-order chi connectivity index (χ1) is 4.66. The maximum atomic E-state index is 8.44. The van der Waals surface area contributed by atoms with Gasteiger partial charge in [-0.25, -0.2) is 0 Å². The standard InChI is InChI=1S/C8H14N2/c1-7(5-9)10-6-8(2)3-4-8/h7,10H,3-4,6H2,1-2H3. The third kappa shape index (κ3) is 2.00. The number of nitrogens with zero attached hydrogens (tertiary/aromatic N) is 1. The summed E-state index contributed by atoms with van der Waals surface area (Å²) in [4.78, 5) is 0. The van der Waals surface area contributed by atoms with E-state index in [0.29, 0.717) is 5.41 Å². The van der Waals surface area contributed by atoms with Gasteiger partial charge in [0.25, 0.3) is 0 Å². The highest BCUT2D eigenvalue weighted by Gasteiger charge is 2.36. The lowest BCUT2D eigenvalue weighted by atomic mass is 10.1. The largest absolute Gasteiger partial charge is 0.302 e. The average molecular weight is 138 g/mol. The van der Waals surface area contributed by atoms with Crippen molar-refractivity contribution in [3.63, 3.8) is 0 Å². The van der Waals surface area contributed by atoms with Crippen molar-refractivity contribution in [2.75, 3.05) is 6.54 Å². The second-order valence-electron chi connectivity index (χ2n) is 3.54. The van der Waals surface area contributed by atoms with Gasteiger partial charge in [-0.2, -0.15) is 5.26 Å². The van der Waals surface area contributed by atoms with Gasteiger partial charge in [0.2, 0.25) is 0 Å². The zero-order valence-electron chi connectivity index (χ0n) is 6.65. The number of hydrogen-bond donors (Lipinski definition) is 1. The highest BCUT2D eigenvalue weighted by molar-refractivity contribution is 4.94. The molecular weight excluding hydrogens is 124 g/mol. The first-order valence-electron chi connectivity index (χ1n) is 3.79. The van der Waals surface area contributed by atoms with Crippen LogP contribution in [-0.2, 0) is 0 Å². The first kappa shape index (κ1) is 7.56. The van der Waals surface area contributed by atoms with E-state index in [1.165, 1.54) is 12.8 Å². The van der Waals surface area contributed by atoms with Crippen LogP contribution in [0.15, 0.2) is 0 Å². The quantitative estimate of drug-likeness (QED) is 0.637. The zero-order chi connectivity index (χ0) is 7.61. The summed E-state index contributed by atoms with van der Waals surface area (Å²) in [5, 5.41) is 11.6. The molecule has 1 N–H and O–H groups in total. The summed E-state index contributed by atoms with van der Waals surface area (Å²) in [6, 6.07) is 2.17. The molecule has 0 aromatic carbocycles. The van der Waals surface area contributed by atoms with Crippen molar-refractivity contribution >= 4 is 0 Å². The molecule has 0 bridgehead atoms. The Morgan fingerprint density at radius 3 is 2.70 bits per heavy atom. The van der Waals surface area contributed by atoms with Crippen molar-refractivity contribution in [3.05, 3.63) is 0 Å². The van der Waals surface area contributed by atoms with Crippen LogP contribution in [-0.4, -0.2) is 12.6 Å². The molecule has 1 aliphatic carbocycles. The van der Waals surface area contributed by atoms with Gasteiger partial charge in [0.05, 0.1) is 12.1 Å². The molecule has 0 saturated heterocycles. The lowest BCUT2D eigenvalue weighted by molar-refractivity contribution is 0.484. The summed E-state index contributed by atoms with van der Waals surface area (Å²) in [6.07, 6.45) is 2.64. The predicted molar refractivity (Wildman–Crippen MR) is 40.4 cm³/mol. The van der Waals surface area contributed by atoms with Crippen LogP contribution in [0.1, 0.15) is 26.7 Å². The molecule has 1 saturated carbocycles. The second-order valence-corrected chi connectivity index (χ2v) is 3.54. The molecule has 0 radical (unpaired) electrons. The van der Waals surface area contributed by atoms with Crippen molar-refractivity contribution in [1.29, 1.82) is 5.26 Å². The Hall–Kier alpha value is -0.550. The summed E-state index contributed by atoms with van der Waals surface area (Å²) in [5.41, 5.74) is 0.519.